The first-order valence-corrected chi connectivity index (χ1v) is 7.77. The summed E-state index contributed by atoms with van der Waals surface area (Å²) in [4.78, 5) is 11.8. The summed E-state index contributed by atoms with van der Waals surface area (Å²) in [5.74, 6) is 0.800. The second-order valence-electron chi connectivity index (χ2n) is 5.03. The highest BCUT2D eigenvalue weighted by atomic mass is 16.5. The normalized spacial score (nSPS) is 10.2. The molecular weight excluding hydrogens is 292 g/mol. The van der Waals surface area contributed by atoms with Gasteiger partial charge in [-0.25, -0.2) is 4.79 Å². The summed E-state index contributed by atoms with van der Waals surface area (Å²) in [5, 5.41) is 0. The zero-order chi connectivity index (χ0) is 16.7. The van der Waals surface area contributed by atoms with Crippen LogP contribution in [-0.4, -0.2) is 19.2 Å². The van der Waals surface area contributed by atoms with E-state index in [2.05, 4.69) is 0 Å². The Labute approximate surface area is 137 Å². The van der Waals surface area contributed by atoms with Crippen molar-refractivity contribution in [2.45, 2.75) is 27.4 Å². The SMILES string of the molecule is CCOC(=O)c1ccc(OCc2ccccc2C)c(OCC)c1. The summed E-state index contributed by atoms with van der Waals surface area (Å²) in [7, 11) is 0. The van der Waals surface area contributed by atoms with Crippen LogP contribution in [0.25, 0.3) is 0 Å². The van der Waals surface area contributed by atoms with Crippen LogP contribution in [-0.2, 0) is 11.3 Å². The molecule has 4 heteroatoms. The van der Waals surface area contributed by atoms with Gasteiger partial charge in [0.1, 0.15) is 6.61 Å². The molecule has 0 amide bonds. The Hall–Kier alpha value is -2.49. The first kappa shape index (κ1) is 16.9. The summed E-state index contributed by atoms with van der Waals surface area (Å²) in [6, 6.07) is 13.2. The molecule has 23 heavy (non-hydrogen) atoms. The predicted molar refractivity (Wildman–Crippen MR) is 89.1 cm³/mol. The fraction of sp³-hybridized carbons (Fsp3) is 0.316. The van der Waals surface area contributed by atoms with E-state index in [1.54, 1.807) is 25.1 Å². The van der Waals surface area contributed by atoms with Crippen LogP contribution in [0.3, 0.4) is 0 Å². The van der Waals surface area contributed by atoms with E-state index >= 15 is 0 Å². The summed E-state index contributed by atoms with van der Waals surface area (Å²) >= 11 is 0. The van der Waals surface area contributed by atoms with E-state index in [-0.39, 0.29) is 5.97 Å². The van der Waals surface area contributed by atoms with Gasteiger partial charge in [0.25, 0.3) is 0 Å². The lowest BCUT2D eigenvalue weighted by molar-refractivity contribution is 0.0525. The summed E-state index contributed by atoms with van der Waals surface area (Å²) < 4.78 is 16.5. The first-order chi connectivity index (χ1) is 11.2. The van der Waals surface area contributed by atoms with Crippen LogP contribution < -0.4 is 9.47 Å². The standard InChI is InChI=1S/C19H22O4/c1-4-21-18-12-15(19(20)22-5-2)10-11-17(18)23-13-16-9-7-6-8-14(16)3/h6-12H,4-5,13H2,1-3H3. The number of carbonyl (C=O) groups excluding carboxylic acids is 1. The quantitative estimate of drug-likeness (QED) is 0.720. The highest BCUT2D eigenvalue weighted by Crippen LogP contribution is 2.29. The van der Waals surface area contributed by atoms with Gasteiger partial charge in [0.05, 0.1) is 18.8 Å². The molecule has 2 aromatic carbocycles. The molecule has 0 bridgehead atoms. The molecule has 0 aliphatic rings. The second-order valence-corrected chi connectivity index (χ2v) is 5.03. The van der Waals surface area contributed by atoms with Crippen molar-refractivity contribution < 1.29 is 19.0 Å². The Kier molecular flexibility index (Phi) is 6.03. The minimum Gasteiger partial charge on any atom is -0.490 e. The minimum absolute atomic E-state index is 0.342. The summed E-state index contributed by atoms with van der Waals surface area (Å²) in [6.07, 6.45) is 0. The van der Waals surface area contributed by atoms with Gasteiger partial charge in [-0.3, -0.25) is 0 Å². The largest absolute Gasteiger partial charge is 0.490 e. The van der Waals surface area contributed by atoms with Gasteiger partial charge in [-0.1, -0.05) is 24.3 Å². The minimum atomic E-state index is -0.362. The van der Waals surface area contributed by atoms with E-state index in [0.29, 0.717) is 36.9 Å². The monoisotopic (exact) mass is 314 g/mol. The van der Waals surface area contributed by atoms with E-state index in [1.807, 2.05) is 38.1 Å². The van der Waals surface area contributed by atoms with Crippen LogP contribution in [0.4, 0.5) is 0 Å². The third kappa shape index (κ3) is 4.49. The van der Waals surface area contributed by atoms with Crippen LogP contribution >= 0.6 is 0 Å². The molecular formula is C19H22O4. The first-order valence-electron chi connectivity index (χ1n) is 7.77. The van der Waals surface area contributed by atoms with Crippen molar-refractivity contribution >= 4 is 5.97 Å². The number of ether oxygens (including phenoxy) is 3. The predicted octanol–water partition coefficient (Wildman–Crippen LogP) is 4.15. The highest BCUT2D eigenvalue weighted by molar-refractivity contribution is 5.90. The molecule has 0 aromatic heterocycles. The van der Waals surface area contributed by atoms with Crippen molar-refractivity contribution in [2.75, 3.05) is 13.2 Å². The van der Waals surface area contributed by atoms with Crippen molar-refractivity contribution in [3.63, 3.8) is 0 Å². The van der Waals surface area contributed by atoms with Crippen molar-refractivity contribution in [3.8, 4) is 11.5 Å². The molecule has 0 saturated carbocycles. The molecule has 0 saturated heterocycles. The molecule has 0 radical (unpaired) electrons. The molecule has 0 aliphatic heterocycles. The number of carbonyl (C=O) groups is 1. The summed E-state index contributed by atoms with van der Waals surface area (Å²) in [5.41, 5.74) is 2.75. The number of benzene rings is 2. The van der Waals surface area contributed by atoms with Gasteiger partial charge in [0.15, 0.2) is 11.5 Å². The fourth-order valence-corrected chi connectivity index (χ4v) is 2.16. The van der Waals surface area contributed by atoms with Gasteiger partial charge < -0.3 is 14.2 Å². The average molecular weight is 314 g/mol. The molecule has 0 aliphatic carbocycles. The van der Waals surface area contributed by atoms with E-state index in [1.165, 1.54) is 5.56 Å². The number of aryl methyl sites for hydroxylation is 1. The Morgan fingerprint density at radius 3 is 2.43 bits per heavy atom. The lowest BCUT2D eigenvalue weighted by Gasteiger charge is -2.14. The molecule has 0 atom stereocenters. The lowest BCUT2D eigenvalue weighted by atomic mass is 10.1. The summed E-state index contributed by atoms with van der Waals surface area (Å²) in [6.45, 7) is 7.00. The molecule has 0 spiro atoms. The van der Waals surface area contributed by atoms with Gasteiger partial charge in [0, 0.05) is 0 Å². The van der Waals surface area contributed by atoms with Crippen LogP contribution in [0.5, 0.6) is 11.5 Å². The Morgan fingerprint density at radius 1 is 0.957 bits per heavy atom. The Morgan fingerprint density at radius 2 is 1.74 bits per heavy atom. The zero-order valence-electron chi connectivity index (χ0n) is 13.8. The van der Waals surface area contributed by atoms with Crippen molar-refractivity contribution in [3.05, 3.63) is 59.2 Å². The average Bonchev–Trinajstić information content (AvgIpc) is 2.55. The van der Waals surface area contributed by atoms with E-state index in [4.69, 9.17) is 14.2 Å². The molecule has 0 heterocycles. The third-order valence-electron chi connectivity index (χ3n) is 3.40. The van der Waals surface area contributed by atoms with Gasteiger partial charge in [-0.2, -0.15) is 0 Å². The molecule has 122 valence electrons. The van der Waals surface area contributed by atoms with E-state index < -0.39 is 0 Å². The van der Waals surface area contributed by atoms with Crippen molar-refractivity contribution in [2.24, 2.45) is 0 Å². The molecule has 0 unspecified atom stereocenters. The smallest absolute Gasteiger partial charge is 0.338 e. The van der Waals surface area contributed by atoms with Crippen LogP contribution in [0.15, 0.2) is 42.5 Å². The number of hydrogen-bond donors (Lipinski definition) is 0. The molecule has 4 nitrogen and oxygen atoms in total. The number of esters is 1. The van der Waals surface area contributed by atoms with Crippen LogP contribution in [0.1, 0.15) is 35.3 Å². The van der Waals surface area contributed by atoms with Crippen molar-refractivity contribution in [1.29, 1.82) is 0 Å². The fourth-order valence-electron chi connectivity index (χ4n) is 2.16. The Balaban J connectivity index is 2.17. The van der Waals surface area contributed by atoms with E-state index in [0.717, 1.165) is 5.56 Å². The lowest BCUT2D eigenvalue weighted by Crippen LogP contribution is -2.06. The zero-order valence-corrected chi connectivity index (χ0v) is 13.8. The molecule has 0 N–H and O–H groups in total. The number of rotatable bonds is 7. The maximum Gasteiger partial charge on any atom is 0.338 e. The van der Waals surface area contributed by atoms with E-state index in [9.17, 15) is 4.79 Å². The topological polar surface area (TPSA) is 44.8 Å². The molecule has 2 aromatic rings. The van der Waals surface area contributed by atoms with Gasteiger partial charge in [-0.15, -0.1) is 0 Å². The van der Waals surface area contributed by atoms with Crippen LogP contribution in [0, 0.1) is 6.92 Å². The molecule has 2 rings (SSSR count). The van der Waals surface area contributed by atoms with Gasteiger partial charge in [-0.05, 0) is 50.1 Å². The number of hydrogen-bond acceptors (Lipinski definition) is 4. The Bertz CT molecular complexity index is 664. The van der Waals surface area contributed by atoms with Gasteiger partial charge >= 0.3 is 5.97 Å². The van der Waals surface area contributed by atoms with Gasteiger partial charge in [0.2, 0.25) is 0 Å². The van der Waals surface area contributed by atoms with Crippen molar-refractivity contribution in [1.82, 2.24) is 0 Å². The van der Waals surface area contributed by atoms with Crippen LogP contribution in [0.2, 0.25) is 0 Å². The highest BCUT2D eigenvalue weighted by Gasteiger charge is 2.12. The maximum absolute atomic E-state index is 11.8. The molecule has 0 fully saturated rings. The second kappa shape index (κ2) is 8.22. The third-order valence-corrected chi connectivity index (χ3v) is 3.40. The maximum atomic E-state index is 11.8.